The van der Waals surface area contributed by atoms with E-state index in [9.17, 15) is 4.79 Å². The lowest BCUT2D eigenvalue weighted by Gasteiger charge is -2.50. The minimum Gasteiger partial charge on any atom is -0.381 e. The van der Waals surface area contributed by atoms with Crippen molar-refractivity contribution in [3.8, 4) is 0 Å². The number of amides is 1. The largest absolute Gasteiger partial charge is 0.381 e. The second kappa shape index (κ2) is 7.25. The predicted molar refractivity (Wildman–Crippen MR) is 107 cm³/mol. The highest BCUT2D eigenvalue weighted by Crippen LogP contribution is 2.44. The molecule has 9 nitrogen and oxygen atoms in total. The van der Waals surface area contributed by atoms with Crippen LogP contribution in [0, 0.1) is 5.92 Å². The van der Waals surface area contributed by atoms with Crippen LogP contribution in [0.3, 0.4) is 0 Å². The van der Waals surface area contributed by atoms with Gasteiger partial charge in [-0.15, -0.1) is 5.10 Å². The van der Waals surface area contributed by atoms with Crippen molar-refractivity contribution in [2.24, 2.45) is 5.92 Å². The smallest absolute Gasteiger partial charge is 0.294 e. The average molecular weight is 412 g/mol. The summed E-state index contributed by atoms with van der Waals surface area (Å²) in [5.74, 6) is 1.28. The standard InChI is InChI=1S/C21H28N6O3/c28-19(18-23-20-22-5-1-6-26(20)24-18)27-16-2-3-17(27)11-21(10-16)14-25(7-9-30-21)12-15-4-8-29-13-15/h1,5-6,15-17H,2-4,7-14H2/t15?,16-,17+,21?. The maximum Gasteiger partial charge on any atom is 0.294 e. The summed E-state index contributed by atoms with van der Waals surface area (Å²) in [4.78, 5) is 26.4. The Morgan fingerprint density at radius 3 is 2.83 bits per heavy atom. The number of carbonyl (C=O) groups is 1. The molecule has 0 aliphatic carbocycles. The van der Waals surface area contributed by atoms with Crippen molar-refractivity contribution in [3.63, 3.8) is 0 Å². The summed E-state index contributed by atoms with van der Waals surface area (Å²) in [5.41, 5.74) is -0.131. The molecular weight excluding hydrogens is 384 g/mol. The van der Waals surface area contributed by atoms with Crippen molar-refractivity contribution in [2.45, 2.75) is 49.8 Å². The summed E-state index contributed by atoms with van der Waals surface area (Å²) in [6, 6.07) is 2.19. The molecule has 0 N–H and O–H groups in total. The molecule has 4 aliphatic heterocycles. The van der Waals surface area contributed by atoms with Crippen molar-refractivity contribution in [3.05, 3.63) is 24.3 Å². The summed E-state index contributed by atoms with van der Waals surface area (Å²) < 4.78 is 13.5. The Hall–Kier alpha value is -2.10. The first kappa shape index (κ1) is 18.7. The zero-order chi connectivity index (χ0) is 20.1. The molecular formula is C21H28N6O3. The highest BCUT2D eigenvalue weighted by atomic mass is 16.5. The number of hydrogen-bond donors (Lipinski definition) is 0. The van der Waals surface area contributed by atoms with Gasteiger partial charge < -0.3 is 14.4 Å². The fourth-order valence-electron chi connectivity index (χ4n) is 5.99. The van der Waals surface area contributed by atoms with Gasteiger partial charge in [0.25, 0.3) is 11.7 Å². The van der Waals surface area contributed by atoms with Crippen LogP contribution in [0.4, 0.5) is 0 Å². The molecule has 6 rings (SSSR count). The molecule has 9 heteroatoms. The molecule has 160 valence electrons. The van der Waals surface area contributed by atoms with E-state index < -0.39 is 0 Å². The van der Waals surface area contributed by atoms with Gasteiger partial charge in [0.1, 0.15) is 0 Å². The number of aromatic nitrogens is 4. The molecule has 4 saturated heterocycles. The fourth-order valence-corrected chi connectivity index (χ4v) is 5.99. The van der Waals surface area contributed by atoms with E-state index in [1.165, 1.54) is 6.42 Å². The quantitative estimate of drug-likeness (QED) is 0.743. The first-order valence-corrected chi connectivity index (χ1v) is 11.1. The number of carbonyl (C=O) groups excluding carboxylic acids is 1. The summed E-state index contributed by atoms with van der Waals surface area (Å²) in [5, 5.41) is 4.36. The lowest BCUT2D eigenvalue weighted by atomic mass is 9.84. The van der Waals surface area contributed by atoms with E-state index in [1.807, 2.05) is 4.90 Å². The third-order valence-corrected chi connectivity index (χ3v) is 7.25. The molecule has 1 amide bonds. The van der Waals surface area contributed by atoms with Crippen LogP contribution in [-0.4, -0.2) is 92.4 Å². The minimum atomic E-state index is -0.131. The molecule has 4 fully saturated rings. The van der Waals surface area contributed by atoms with Gasteiger partial charge in [0.05, 0.1) is 18.8 Å². The van der Waals surface area contributed by atoms with E-state index in [2.05, 4.69) is 20.0 Å². The zero-order valence-corrected chi connectivity index (χ0v) is 17.2. The van der Waals surface area contributed by atoms with Crippen molar-refractivity contribution < 1.29 is 14.3 Å². The number of ether oxygens (including phenoxy) is 2. The maximum absolute atomic E-state index is 13.3. The summed E-state index contributed by atoms with van der Waals surface area (Å²) in [7, 11) is 0. The van der Waals surface area contributed by atoms with E-state index in [-0.39, 0.29) is 29.4 Å². The molecule has 6 heterocycles. The van der Waals surface area contributed by atoms with E-state index in [4.69, 9.17) is 9.47 Å². The van der Waals surface area contributed by atoms with Crippen LogP contribution in [0.2, 0.25) is 0 Å². The van der Waals surface area contributed by atoms with Crippen LogP contribution < -0.4 is 0 Å². The topological polar surface area (TPSA) is 85.1 Å². The molecule has 0 saturated carbocycles. The Labute approximate surface area is 175 Å². The number of fused-ring (bicyclic) bond motifs is 3. The number of rotatable bonds is 3. The second-order valence-electron chi connectivity index (χ2n) is 9.30. The van der Waals surface area contributed by atoms with Crippen LogP contribution in [0.5, 0.6) is 0 Å². The SMILES string of the molecule is O=C(c1nc2ncccn2n1)N1[C@@H]2CC[C@H]1CC1(C2)CN(CC2CCOC2)CCO1. The van der Waals surface area contributed by atoms with Crippen molar-refractivity contribution in [1.82, 2.24) is 29.4 Å². The summed E-state index contributed by atoms with van der Waals surface area (Å²) in [6.07, 6.45) is 8.46. The third kappa shape index (κ3) is 3.19. The van der Waals surface area contributed by atoms with Gasteiger partial charge in [-0.2, -0.15) is 4.98 Å². The number of piperidine rings is 1. The normalized spacial score (nSPS) is 34.3. The molecule has 4 atom stereocenters. The first-order valence-electron chi connectivity index (χ1n) is 11.1. The lowest BCUT2D eigenvalue weighted by molar-refractivity contribution is -0.146. The Balaban J connectivity index is 1.18. The van der Waals surface area contributed by atoms with Gasteiger partial charge in [-0.25, -0.2) is 9.50 Å². The molecule has 0 radical (unpaired) electrons. The number of nitrogens with zero attached hydrogens (tertiary/aromatic N) is 6. The summed E-state index contributed by atoms with van der Waals surface area (Å²) in [6.45, 7) is 5.62. The van der Waals surface area contributed by atoms with Gasteiger partial charge in [0.15, 0.2) is 0 Å². The maximum atomic E-state index is 13.3. The molecule has 2 bridgehead atoms. The van der Waals surface area contributed by atoms with Gasteiger partial charge in [0, 0.05) is 50.7 Å². The van der Waals surface area contributed by atoms with E-state index >= 15 is 0 Å². The molecule has 1 spiro atoms. The van der Waals surface area contributed by atoms with Crippen LogP contribution in [0.15, 0.2) is 18.5 Å². The fraction of sp³-hybridized carbons (Fsp3) is 0.714. The van der Waals surface area contributed by atoms with Crippen LogP contribution in [-0.2, 0) is 9.47 Å². The molecule has 2 aromatic rings. The third-order valence-electron chi connectivity index (χ3n) is 7.25. The highest BCUT2D eigenvalue weighted by molar-refractivity contribution is 5.91. The number of morpholine rings is 1. The van der Waals surface area contributed by atoms with Gasteiger partial charge >= 0.3 is 0 Å². The molecule has 2 aromatic heterocycles. The van der Waals surface area contributed by atoms with Gasteiger partial charge in [-0.05, 0) is 44.1 Å². The van der Waals surface area contributed by atoms with Crippen molar-refractivity contribution >= 4 is 11.7 Å². The monoisotopic (exact) mass is 412 g/mol. The zero-order valence-electron chi connectivity index (χ0n) is 17.2. The van der Waals surface area contributed by atoms with E-state index in [1.54, 1.807) is 23.0 Å². The first-order chi connectivity index (χ1) is 14.7. The molecule has 2 unspecified atom stereocenters. The van der Waals surface area contributed by atoms with Crippen LogP contribution in [0.1, 0.15) is 42.7 Å². The molecule has 0 aromatic carbocycles. The second-order valence-corrected chi connectivity index (χ2v) is 9.30. The van der Waals surface area contributed by atoms with Crippen LogP contribution >= 0.6 is 0 Å². The van der Waals surface area contributed by atoms with Crippen molar-refractivity contribution in [2.75, 3.05) is 39.5 Å². The average Bonchev–Trinajstić information content (AvgIpc) is 3.46. The Morgan fingerprint density at radius 2 is 2.07 bits per heavy atom. The van der Waals surface area contributed by atoms with E-state index in [0.29, 0.717) is 11.7 Å². The minimum absolute atomic E-state index is 0.0707. The van der Waals surface area contributed by atoms with E-state index in [0.717, 1.165) is 65.1 Å². The predicted octanol–water partition coefficient (Wildman–Crippen LogP) is 0.999. The Bertz CT molecular complexity index is 895. The lowest BCUT2D eigenvalue weighted by Crippen LogP contribution is -2.61. The Morgan fingerprint density at radius 1 is 1.20 bits per heavy atom. The number of hydrogen-bond acceptors (Lipinski definition) is 7. The summed E-state index contributed by atoms with van der Waals surface area (Å²) >= 11 is 0. The van der Waals surface area contributed by atoms with Crippen LogP contribution in [0.25, 0.3) is 5.78 Å². The van der Waals surface area contributed by atoms with Gasteiger partial charge in [-0.3, -0.25) is 9.69 Å². The van der Waals surface area contributed by atoms with Gasteiger partial charge in [-0.1, -0.05) is 0 Å². The molecule has 30 heavy (non-hydrogen) atoms. The highest BCUT2D eigenvalue weighted by Gasteiger charge is 2.52. The molecule has 4 aliphatic rings. The van der Waals surface area contributed by atoms with Crippen molar-refractivity contribution in [1.29, 1.82) is 0 Å². The Kier molecular flexibility index (Phi) is 4.51. The van der Waals surface area contributed by atoms with Gasteiger partial charge in [0.2, 0.25) is 5.82 Å².